The fourth-order valence-electron chi connectivity index (χ4n) is 1.86. The van der Waals surface area contributed by atoms with E-state index in [2.05, 4.69) is 25.6 Å². The van der Waals surface area contributed by atoms with Crippen molar-refractivity contribution in [1.29, 1.82) is 0 Å². The van der Waals surface area contributed by atoms with Crippen LogP contribution in [0.2, 0.25) is 0 Å². The molecule has 1 unspecified atom stereocenters. The van der Waals surface area contributed by atoms with Gasteiger partial charge in [0, 0.05) is 19.3 Å². The Morgan fingerprint density at radius 2 is 2.22 bits per heavy atom. The van der Waals surface area contributed by atoms with Gasteiger partial charge in [-0.2, -0.15) is 5.10 Å². The van der Waals surface area contributed by atoms with Crippen LogP contribution in [0.3, 0.4) is 0 Å². The minimum atomic E-state index is 0.0374. The Hall–Kier alpha value is -2.44. The highest BCUT2D eigenvalue weighted by molar-refractivity contribution is 5.46. The summed E-state index contributed by atoms with van der Waals surface area (Å²) in [6, 6.07) is 3.78. The van der Waals surface area contributed by atoms with Gasteiger partial charge in [0.05, 0.1) is 12.2 Å². The molecule has 0 bridgehead atoms. The van der Waals surface area contributed by atoms with Crippen LogP contribution < -0.4 is 5.32 Å². The highest BCUT2D eigenvalue weighted by Gasteiger charge is 2.11. The Kier molecular flexibility index (Phi) is 2.44. The molecule has 0 aromatic carbocycles. The van der Waals surface area contributed by atoms with Gasteiger partial charge >= 0.3 is 0 Å². The van der Waals surface area contributed by atoms with Crippen LogP contribution in [-0.2, 0) is 7.05 Å². The lowest BCUT2D eigenvalue weighted by atomic mass is 10.3. The topological polar surface area (TPSA) is 72.9 Å². The van der Waals surface area contributed by atoms with Crippen LogP contribution in [-0.4, -0.2) is 29.4 Å². The minimum Gasteiger partial charge on any atom is -0.360 e. The van der Waals surface area contributed by atoms with Crippen molar-refractivity contribution in [3.63, 3.8) is 0 Å². The van der Waals surface area contributed by atoms with Gasteiger partial charge in [-0.25, -0.2) is 9.50 Å². The van der Waals surface area contributed by atoms with Gasteiger partial charge in [-0.15, -0.1) is 10.2 Å². The third-order valence-corrected chi connectivity index (χ3v) is 2.76. The number of aromatic nitrogens is 6. The van der Waals surface area contributed by atoms with E-state index in [1.807, 2.05) is 36.9 Å². The van der Waals surface area contributed by atoms with Crippen molar-refractivity contribution in [2.24, 2.45) is 7.05 Å². The maximum atomic E-state index is 4.45. The number of aryl methyl sites for hydroxylation is 1. The molecule has 3 aromatic heterocycles. The molecule has 0 fully saturated rings. The smallest absolute Gasteiger partial charge is 0.157 e. The first kappa shape index (κ1) is 10.7. The number of hydrogen-bond donors (Lipinski definition) is 1. The molecule has 3 heterocycles. The lowest BCUT2D eigenvalue weighted by molar-refractivity contribution is 0.716. The van der Waals surface area contributed by atoms with Crippen molar-refractivity contribution in [2.45, 2.75) is 13.0 Å². The average Bonchev–Trinajstić information content (AvgIpc) is 2.96. The lowest BCUT2D eigenvalue weighted by Crippen LogP contribution is -2.13. The van der Waals surface area contributed by atoms with Crippen LogP contribution in [0.25, 0.3) is 5.65 Å². The van der Waals surface area contributed by atoms with E-state index in [-0.39, 0.29) is 6.04 Å². The van der Waals surface area contributed by atoms with E-state index in [0.29, 0.717) is 0 Å². The molecule has 92 valence electrons. The lowest BCUT2D eigenvalue weighted by Gasteiger charge is -2.13. The van der Waals surface area contributed by atoms with E-state index in [9.17, 15) is 0 Å². The number of nitrogens with zero attached hydrogens (tertiary/aromatic N) is 6. The molecule has 0 saturated heterocycles. The molecule has 1 N–H and O–H groups in total. The first-order valence-corrected chi connectivity index (χ1v) is 5.65. The van der Waals surface area contributed by atoms with Gasteiger partial charge < -0.3 is 9.88 Å². The summed E-state index contributed by atoms with van der Waals surface area (Å²) in [6.45, 7) is 2.02. The Balaban J connectivity index is 1.85. The fraction of sp³-hybridized carbons (Fsp3) is 0.273. The summed E-state index contributed by atoms with van der Waals surface area (Å²) in [4.78, 5) is 4.45. The summed E-state index contributed by atoms with van der Waals surface area (Å²) in [5.41, 5.74) is 0.810. The molecule has 0 radical (unpaired) electrons. The van der Waals surface area contributed by atoms with Crippen LogP contribution in [0.1, 0.15) is 18.8 Å². The summed E-state index contributed by atoms with van der Waals surface area (Å²) in [5.74, 6) is 1.66. The van der Waals surface area contributed by atoms with Crippen LogP contribution in [0.15, 0.2) is 30.9 Å². The predicted octanol–water partition coefficient (Wildman–Crippen LogP) is 1.03. The molecule has 7 nitrogen and oxygen atoms in total. The van der Waals surface area contributed by atoms with Crippen molar-refractivity contribution in [3.8, 4) is 0 Å². The summed E-state index contributed by atoms with van der Waals surface area (Å²) in [5, 5.41) is 15.3. The van der Waals surface area contributed by atoms with E-state index in [0.717, 1.165) is 17.3 Å². The summed E-state index contributed by atoms with van der Waals surface area (Å²) in [6.07, 6.45) is 5.27. The Morgan fingerprint density at radius 1 is 1.33 bits per heavy atom. The van der Waals surface area contributed by atoms with E-state index >= 15 is 0 Å². The molecule has 0 aliphatic heterocycles. The molecule has 7 heteroatoms. The van der Waals surface area contributed by atoms with Gasteiger partial charge in [0.15, 0.2) is 11.5 Å². The molecule has 0 spiro atoms. The summed E-state index contributed by atoms with van der Waals surface area (Å²) in [7, 11) is 1.92. The minimum absolute atomic E-state index is 0.0374. The van der Waals surface area contributed by atoms with E-state index in [1.54, 1.807) is 17.0 Å². The summed E-state index contributed by atoms with van der Waals surface area (Å²) >= 11 is 0. The zero-order valence-electron chi connectivity index (χ0n) is 10.1. The Labute approximate surface area is 103 Å². The maximum Gasteiger partial charge on any atom is 0.157 e. The third kappa shape index (κ3) is 1.79. The Morgan fingerprint density at radius 3 is 3.00 bits per heavy atom. The van der Waals surface area contributed by atoms with Crippen LogP contribution in [0.4, 0.5) is 5.82 Å². The predicted molar refractivity (Wildman–Crippen MR) is 66.0 cm³/mol. The maximum absolute atomic E-state index is 4.45. The van der Waals surface area contributed by atoms with Crippen molar-refractivity contribution >= 4 is 11.5 Å². The highest BCUT2D eigenvalue weighted by Crippen LogP contribution is 2.15. The normalized spacial score (nSPS) is 12.8. The second kappa shape index (κ2) is 4.10. The fourth-order valence-corrected chi connectivity index (χ4v) is 1.86. The quantitative estimate of drug-likeness (QED) is 0.743. The van der Waals surface area contributed by atoms with Crippen molar-refractivity contribution < 1.29 is 0 Å². The molecule has 0 saturated carbocycles. The van der Waals surface area contributed by atoms with Gasteiger partial charge in [0.2, 0.25) is 0 Å². The number of fused-ring (bicyclic) bond motifs is 1. The number of anilines is 1. The molecule has 1 atom stereocenters. The number of rotatable bonds is 3. The Bertz CT molecular complexity index is 669. The molecule has 3 rings (SSSR count). The van der Waals surface area contributed by atoms with E-state index < -0.39 is 0 Å². The van der Waals surface area contributed by atoms with Crippen LogP contribution in [0.5, 0.6) is 0 Å². The van der Waals surface area contributed by atoms with Crippen LogP contribution >= 0.6 is 0 Å². The first-order valence-electron chi connectivity index (χ1n) is 5.65. The van der Waals surface area contributed by atoms with E-state index in [4.69, 9.17) is 0 Å². The van der Waals surface area contributed by atoms with Gasteiger partial charge in [0.25, 0.3) is 0 Å². The summed E-state index contributed by atoms with van der Waals surface area (Å²) < 4.78 is 3.60. The van der Waals surface area contributed by atoms with Gasteiger partial charge in [-0.1, -0.05) is 0 Å². The molecule has 0 aliphatic rings. The molecule has 3 aromatic rings. The molecule has 18 heavy (non-hydrogen) atoms. The highest BCUT2D eigenvalue weighted by atomic mass is 15.3. The van der Waals surface area contributed by atoms with Crippen molar-refractivity contribution in [1.82, 2.24) is 29.4 Å². The van der Waals surface area contributed by atoms with Crippen molar-refractivity contribution in [3.05, 3.63) is 36.7 Å². The van der Waals surface area contributed by atoms with Crippen molar-refractivity contribution in [2.75, 3.05) is 5.32 Å². The molecule has 0 aliphatic carbocycles. The average molecular weight is 243 g/mol. The SMILES string of the molecule is CC(Nc1ccn2nccc2n1)c1nncn1C. The molecular weight excluding hydrogens is 230 g/mol. The van der Waals surface area contributed by atoms with Crippen LogP contribution in [0, 0.1) is 0 Å². The van der Waals surface area contributed by atoms with E-state index in [1.165, 1.54) is 0 Å². The zero-order chi connectivity index (χ0) is 12.5. The second-order valence-electron chi connectivity index (χ2n) is 4.11. The third-order valence-electron chi connectivity index (χ3n) is 2.76. The second-order valence-corrected chi connectivity index (χ2v) is 4.11. The van der Waals surface area contributed by atoms with Gasteiger partial charge in [-0.3, -0.25) is 0 Å². The number of hydrogen-bond acceptors (Lipinski definition) is 5. The first-order chi connectivity index (χ1) is 8.74. The molecule has 0 amide bonds. The largest absolute Gasteiger partial charge is 0.360 e. The zero-order valence-corrected chi connectivity index (χ0v) is 10.1. The van der Waals surface area contributed by atoms with Gasteiger partial charge in [-0.05, 0) is 13.0 Å². The number of nitrogens with one attached hydrogen (secondary N) is 1. The molecular formula is C11H13N7. The monoisotopic (exact) mass is 243 g/mol. The standard InChI is InChI=1S/C11H13N7/c1-8(11-16-12-7-17(11)2)14-9-4-6-18-10(15-9)3-5-13-18/h3-8H,1-2H3,(H,14,15). The van der Waals surface area contributed by atoms with Gasteiger partial charge in [0.1, 0.15) is 12.1 Å².